The molecular weight excluding hydrogens is 358 g/mol. The maximum atomic E-state index is 12.9. The fourth-order valence-electron chi connectivity index (χ4n) is 2.76. The second-order valence-corrected chi connectivity index (χ2v) is 8.69. The molecule has 0 aliphatic rings. The van der Waals surface area contributed by atoms with E-state index in [1.54, 1.807) is 12.1 Å². The van der Waals surface area contributed by atoms with Gasteiger partial charge in [0.15, 0.2) is 11.4 Å². The van der Waals surface area contributed by atoms with Crippen LogP contribution in [0.15, 0.2) is 24.3 Å². The highest BCUT2D eigenvalue weighted by molar-refractivity contribution is 5.98. The number of hydrogen-bond acceptors (Lipinski definition) is 4. The summed E-state index contributed by atoms with van der Waals surface area (Å²) in [4.78, 5) is 36.9. The number of carboxylic acids is 1. The van der Waals surface area contributed by atoms with E-state index in [1.165, 1.54) is 20.8 Å². The molecule has 28 heavy (non-hydrogen) atoms. The highest BCUT2D eigenvalue weighted by atomic mass is 16.6. The Morgan fingerprint density at radius 3 is 1.96 bits per heavy atom. The minimum atomic E-state index is -1.70. The molecule has 0 saturated carbocycles. The average Bonchev–Trinajstić information content (AvgIpc) is 2.58. The molecule has 156 valence electrons. The summed E-state index contributed by atoms with van der Waals surface area (Å²) in [5.41, 5.74) is -1.92. The van der Waals surface area contributed by atoms with Crippen molar-refractivity contribution in [2.24, 2.45) is 0 Å². The van der Waals surface area contributed by atoms with E-state index < -0.39 is 29.0 Å². The summed E-state index contributed by atoms with van der Waals surface area (Å²) in [5, 5.41) is 12.1. The SMILES string of the molecule is CCCCC(NC(=O)c1ccc(C(C)(C)C)cc1)(OC(C)(C)C(=O)O)C(C)=O. The van der Waals surface area contributed by atoms with Crippen molar-refractivity contribution in [3.63, 3.8) is 0 Å². The molecule has 1 unspecified atom stereocenters. The maximum absolute atomic E-state index is 12.9. The van der Waals surface area contributed by atoms with Crippen LogP contribution >= 0.6 is 0 Å². The first-order valence-corrected chi connectivity index (χ1v) is 9.63. The van der Waals surface area contributed by atoms with Gasteiger partial charge in [0.2, 0.25) is 5.72 Å². The third-order valence-electron chi connectivity index (χ3n) is 4.72. The normalized spacial score (nSPS) is 14.2. The van der Waals surface area contributed by atoms with Crippen molar-refractivity contribution < 1.29 is 24.2 Å². The summed E-state index contributed by atoms with van der Waals surface area (Å²) in [6, 6.07) is 7.14. The van der Waals surface area contributed by atoms with Gasteiger partial charge in [-0.25, -0.2) is 4.79 Å². The minimum absolute atomic E-state index is 0.0477. The number of unbranched alkanes of at least 4 members (excludes halogenated alkanes) is 1. The van der Waals surface area contributed by atoms with Crippen molar-refractivity contribution in [2.45, 2.75) is 84.5 Å². The van der Waals surface area contributed by atoms with Gasteiger partial charge in [0.1, 0.15) is 0 Å². The van der Waals surface area contributed by atoms with Crippen LogP contribution in [0.3, 0.4) is 0 Å². The fourth-order valence-corrected chi connectivity index (χ4v) is 2.76. The molecule has 6 nitrogen and oxygen atoms in total. The first-order chi connectivity index (χ1) is 12.7. The largest absolute Gasteiger partial charge is 0.479 e. The molecule has 1 aromatic carbocycles. The van der Waals surface area contributed by atoms with E-state index in [0.717, 1.165) is 12.0 Å². The molecule has 0 saturated heterocycles. The van der Waals surface area contributed by atoms with Crippen molar-refractivity contribution in [2.75, 3.05) is 0 Å². The molecule has 1 rings (SSSR count). The monoisotopic (exact) mass is 391 g/mol. The second kappa shape index (κ2) is 8.86. The smallest absolute Gasteiger partial charge is 0.335 e. The van der Waals surface area contributed by atoms with E-state index >= 15 is 0 Å². The lowest BCUT2D eigenvalue weighted by atomic mass is 9.86. The molecule has 0 aromatic heterocycles. The van der Waals surface area contributed by atoms with E-state index in [1.807, 2.05) is 19.1 Å². The Morgan fingerprint density at radius 1 is 1.04 bits per heavy atom. The number of ether oxygens (including phenoxy) is 1. The van der Waals surface area contributed by atoms with E-state index in [4.69, 9.17) is 4.74 Å². The van der Waals surface area contributed by atoms with E-state index in [2.05, 4.69) is 26.1 Å². The lowest BCUT2D eigenvalue weighted by Crippen LogP contribution is -2.60. The van der Waals surface area contributed by atoms with Gasteiger partial charge < -0.3 is 15.2 Å². The van der Waals surface area contributed by atoms with Gasteiger partial charge in [-0.05, 0) is 50.3 Å². The summed E-state index contributed by atoms with van der Waals surface area (Å²) in [6.45, 7) is 12.2. The molecule has 1 atom stereocenters. The number of nitrogens with one attached hydrogen (secondary N) is 1. The highest BCUT2D eigenvalue weighted by Gasteiger charge is 2.45. The molecule has 0 spiro atoms. The van der Waals surface area contributed by atoms with Crippen LogP contribution in [0.5, 0.6) is 0 Å². The first kappa shape index (κ1) is 23.8. The molecule has 0 aliphatic carbocycles. The number of Topliss-reactive ketones (excluding diaryl/α,β-unsaturated/α-hetero) is 1. The number of hydrogen-bond donors (Lipinski definition) is 2. The van der Waals surface area contributed by atoms with Crippen LogP contribution in [-0.2, 0) is 19.7 Å². The molecule has 2 N–H and O–H groups in total. The van der Waals surface area contributed by atoms with E-state index in [9.17, 15) is 19.5 Å². The molecule has 6 heteroatoms. The lowest BCUT2D eigenvalue weighted by Gasteiger charge is -2.37. The van der Waals surface area contributed by atoms with Crippen molar-refractivity contribution in [3.8, 4) is 0 Å². The number of amides is 1. The van der Waals surface area contributed by atoms with E-state index in [-0.39, 0.29) is 11.8 Å². The summed E-state index contributed by atoms with van der Waals surface area (Å²) in [6.07, 6.45) is 1.56. The number of aliphatic carboxylic acids is 1. The lowest BCUT2D eigenvalue weighted by molar-refractivity contribution is -0.193. The van der Waals surface area contributed by atoms with Gasteiger partial charge in [-0.3, -0.25) is 9.59 Å². The van der Waals surface area contributed by atoms with Gasteiger partial charge in [0.05, 0.1) is 0 Å². The Bertz CT molecular complexity index is 715. The summed E-state index contributed by atoms with van der Waals surface area (Å²) in [5.74, 6) is -2.12. The number of carboxylic acid groups (broad SMARTS) is 1. The zero-order valence-electron chi connectivity index (χ0n) is 18.0. The third kappa shape index (κ3) is 5.89. The second-order valence-electron chi connectivity index (χ2n) is 8.69. The van der Waals surface area contributed by atoms with Gasteiger partial charge >= 0.3 is 5.97 Å². The third-order valence-corrected chi connectivity index (χ3v) is 4.72. The molecule has 0 fully saturated rings. The zero-order valence-corrected chi connectivity index (χ0v) is 18.0. The van der Waals surface area contributed by atoms with Crippen LogP contribution in [0.25, 0.3) is 0 Å². The van der Waals surface area contributed by atoms with Crippen LogP contribution < -0.4 is 5.32 Å². The minimum Gasteiger partial charge on any atom is -0.479 e. The first-order valence-electron chi connectivity index (χ1n) is 9.63. The molecule has 0 heterocycles. The summed E-state index contributed by atoms with van der Waals surface area (Å²) in [7, 11) is 0. The predicted molar refractivity (Wildman–Crippen MR) is 108 cm³/mol. The Labute approximate surface area is 167 Å². The Hall–Kier alpha value is -2.21. The van der Waals surface area contributed by atoms with Gasteiger partial charge in [0.25, 0.3) is 5.91 Å². The standard InChI is InChI=1S/C22H33NO5/c1-8-9-14-22(15(2)24,28-21(6,7)19(26)27)23-18(25)16-10-12-17(13-11-16)20(3,4)5/h10-13H,8-9,14H2,1-7H3,(H,23,25)(H,26,27). The number of carbonyl (C=O) groups is 3. The highest BCUT2D eigenvalue weighted by Crippen LogP contribution is 2.27. The molecule has 0 aliphatic heterocycles. The van der Waals surface area contributed by atoms with Crippen molar-refractivity contribution in [3.05, 3.63) is 35.4 Å². The number of rotatable bonds is 9. The summed E-state index contributed by atoms with van der Waals surface area (Å²) < 4.78 is 5.74. The Kier molecular flexibility index (Phi) is 7.54. The fraction of sp³-hybridized carbons (Fsp3) is 0.591. The van der Waals surface area contributed by atoms with Crippen molar-refractivity contribution >= 4 is 17.7 Å². The van der Waals surface area contributed by atoms with Gasteiger partial charge in [-0.15, -0.1) is 0 Å². The molecule has 1 amide bonds. The van der Waals surface area contributed by atoms with Crippen LogP contribution in [0, 0.1) is 0 Å². The van der Waals surface area contributed by atoms with Gasteiger partial charge in [0, 0.05) is 12.0 Å². The van der Waals surface area contributed by atoms with Crippen LogP contribution in [-0.4, -0.2) is 34.1 Å². The number of carbonyl (C=O) groups excluding carboxylic acids is 2. The molecule has 1 aromatic rings. The zero-order chi connectivity index (χ0) is 21.8. The quantitative estimate of drug-likeness (QED) is 0.619. The molecule has 0 bridgehead atoms. The Morgan fingerprint density at radius 2 is 1.57 bits per heavy atom. The van der Waals surface area contributed by atoms with Crippen LogP contribution in [0.4, 0.5) is 0 Å². The summed E-state index contributed by atoms with van der Waals surface area (Å²) >= 11 is 0. The van der Waals surface area contributed by atoms with Gasteiger partial charge in [-0.2, -0.15) is 0 Å². The van der Waals surface area contributed by atoms with E-state index in [0.29, 0.717) is 12.0 Å². The molecular formula is C22H33NO5. The van der Waals surface area contributed by atoms with Crippen molar-refractivity contribution in [1.29, 1.82) is 0 Å². The number of ketones is 1. The Balaban J connectivity index is 3.22. The average molecular weight is 392 g/mol. The van der Waals surface area contributed by atoms with Crippen LogP contribution in [0.1, 0.15) is 83.7 Å². The topological polar surface area (TPSA) is 92.7 Å². The molecule has 0 radical (unpaired) electrons. The number of benzene rings is 1. The van der Waals surface area contributed by atoms with Crippen LogP contribution in [0.2, 0.25) is 0 Å². The van der Waals surface area contributed by atoms with Gasteiger partial charge in [-0.1, -0.05) is 46.2 Å². The predicted octanol–water partition coefficient (Wildman–Crippen LogP) is 4.07. The van der Waals surface area contributed by atoms with Crippen molar-refractivity contribution in [1.82, 2.24) is 5.32 Å². The maximum Gasteiger partial charge on any atom is 0.335 e.